The van der Waals surface area contributed by atoms with Crippen LogP contribution in [0.3, 0.4) is 0 Å². The van der Waals surface area contributed by atoms with Gasteiger partial charge in [-0.05, 0) is 67.8 Å². The quantitative estimate of drug-likeness (QED) is 0.444. The van der Waals surface area contributed by atoms with Gasteiger partial charge in [0.25, 0.3) is 0 Å². The van der Waals surface area contributed by atoms with Crippen LogP contribution < -0.4 is 4.90 Å². The molecule has 0 radical (unpaired) electrons. The van der Waals surface area contributed by atoms with E-state index in [2.05, 4.69) is 21.1 Å². The number of ether oxygens (including phenoxy) is 2. The Balaban J connectivity index is 1.28. The van der Waals surface area contributed by atoms with Crippen LogP contribution in [0, 0.1) is 11.2 Å². The fourth-order valence-electron chi connectivity index (χ4n) is 5.77. The number of nitrogens with zero attached hydrogens (tertiary/aromatic N) is 5. The van der Waals surface area contributed by atoms with Crippen LogP contribution in [0.5, 0.6) is 0 Å². The molecule has 39 heavy (non-hydrogen) atoms. The van der Waals surface area contributed by atoms with E-state index in [9.17, 15) is 12.8 Å². The molecular weight excluding hydrogens is 521 g/mol. The van der Waals surface area contributed by atoms with Crippen LogP contribution in [-0.2, 0) is 25.9 Å². The van der Waals surface area contributed by atoms with E-state index in [1.165, 1.54) is 18.3 Å². The van der Waals surface area contributed by atoms with E-state index >= 15 is 0 Å². The summed E-state index contributed by atoms with van der Waals surface area (Å²) in [6.45, 7) is 6.32. The third-order valence-electron chi connectivity index (χ3n) is 7.86. The first-order chi connectivity index (χ1) is 18.9. The zero-order valence-corrected chi connectivity index (χ0v) is 22.7. The average molecular weight is 554 g/mol. The van der Waals surface area contributed by atoms with Crippen molar-refractivity contribution in [2.45, 2.75) is 24.7 Å². The Labute approximate surface area is 227 Å². The van der Waals surface area contributed by atoms with Gasteiger partial charge in [0, 0.05) is 44.4 Å². The highest BCUT2D eigenvalue weighted by Gasteiger charge is 2.46. The van der Waals surface area contributed by atoms with Crippen LogP contribution in [-0.4, -0.2) is 80.1 Å². The second-order valence-electron chi connectivity index (χ2n) is 10.2. The molecule has 2 aromatic heterocycles. The Kier molecular flexibility index (Phi) is 7.00. The van der Waals surface area contributed by atoms with Crippen LogP contribution in [0.4, 0.5) is 10.2 Å². The van der Waals surface area contributed by atoms with Gasteiger partial charge in [0.2, 0.25) is 10.0 Å². The summed E-state index contributed by atoms with van der Waals surface area (Å²) >= 11 is 0. The Hall–Kier alpha value is -3.12. The number of aromatic nitrogens is 3. The highest BCUT2D eigenvalue weighted by Crippen LogP contribution is 2.45. The highest BCUT2D eigenvalue weighted by atomic mass is 32.2. The van der Waals surface area contributed by atoms with Crippen molar-refractivity contribution in [1.82, 2.24) is 19.1 Å². The second kappa shape index (κ2) is 10.5. The maximum Gasteiger partial charge on any atom is 0.244 e. The fraction of sp³-hybridized carbons (Fsp3) is 0.429. The minimum Gasteiger partial charge on any atom is -0.381 e. The fourth-order valence-corrected chi connectivity index (χ4v) is 7.24. The van der Waals surface area contributed by atoms with Crippen molar-refractivity contribution >= 4 is 21.9 Å². The molecule has 2 aliphatic heterocycles. The van der Waals surface area contributed by atoms with Gasteiger partial charge in [0.05, 0.1) is 37.4 Å². The highest BCUT2D eigenvalue weighted by molar-refractivity contribution is 7.89. The van der Waals surface area contributed by atoms with Crippen LogP contribution in [0.2, 0.25) is 0 Å². The molecule has 206 valence electrons. The zero-order valence-electron chi connectivity index (χ0n) is 21.9. The lowest BCUT2D eigenvalue weighted by Gasteiger charge is -2.45. The van der Waals surface area contributed by atoms with E-state index in [1.807, 2.05) is 17.8 Å². The number of rotatable bonds is 7. The number of pyridine rings is 1. The summed E-state index contributed by atoms with van der Waals surface area (Å²) in [6.07, 6.45) is 6.60. The van der Waals surface area contributed by atoms with E-state index in [0.29, 0.717) is 52.4 Å². The van der Waals surface area contributed by atoms with Gasteiger partial charge in [0.15, 0.2) is 0 Å². The standard InChI is InChI=1S/C28H32FN5O4S/c1-2-37-20-28-16-21-17-31-34(24-5-3-23(29)4-6-24)26(21)15-22(28)9-10-33(19-28)39(35,36)25-7-8-27(30-18-25)32-11-13-38-14-12-32/h3-8,15,17-18H,2,9-14,16,19-20H2,1H3. The lowest BCUT2D eigenvalue weighted by atomic mass is 9.69. The number of halogens is 1. The minimum atomic E-state index is -3.75. The molecule has 11 heteroatoms. The van der Waals surface area contributed by atoms with Gasteiger partial charge in [-0.25, -0.2) is 22.5 Å². The maximum atomic E-state index is 13.8. The van der Waals surface area contributed by atoms with Crippen LogP contribution in [0.25, 0.3) is 11.8 Å². The van der Waals surface area contributed by atoms with Crippen LogP contribution >= 0.6 is 0 Å². The molecule has 1 aliphatic carbocycles. The van der Waals surface area contributed by atoms with Crippen molar-refractivity contribution in [3.05, 3.63) is 71.4 Å². The third kappa shape index (κ3) is 4.88. The van der Waals surface area contributed by atoms with E-state index in [0.717, 1.165) is 41.4 Å². The Morgan fingerprint density at radius 3 is 2.59 bits per heavy atom. The first-order valence-corrected chi connectivity index (χ1v) is 14.7. The number of anilines is 1. The van der Waals surface area contributed by atoms with Gasteiger partial charge >= 0.3 is 0 Å². The summed E-state index contributed by atoms with van der Waals surface area (Å²) in [5.41, 5.74) is 3.40. The monoisotopic (exact) mass is 553 g/mol. The predicted molar refractivity (Wildman–Crippen MR) is 145 cm³/mol. The third-order valence-corrected chi connectivity index (χ3v) is 9.69. The van der Waals surface area contributed by atoms with E-state index in [4.69, 9.17) is 9.47 Å². The average Bonchev–Trinajstić information content (AvgIpc) is 3.37. The molecule has 9 nitrogen and oxygen atoms in total. The normalized spacial score (nSPS) is 21.8. The molecule has 0 N–H and O–H groups in total. The molecule has 1 atom stereocenters. The number of hydrogen-bond donors (Lipinski definition) is 0. The van der Waals surface area contributed by atoms with Crippen molar-refractivity contribution in [1.29, 1.82) is 0 Å². The summed E-state index contributed by atoms with van der Waals surface area (Å²) in [4.78, 5) is 6.76. The summed E-state index contributed by atoms with van der Waals surface area (Å²) in [6, 6.07) is 9.68. The zero-order chi connectivity index (χ0) is 27.0. The molecule has 3 aromatic rings. The lowest BCUT2D eigenvalue weighted by Crippen LogP contribution is -2.51. The molecule has 0 saturated carbocycles. The molecule has 1 unspecified atom stereocenters. The molecule has 4 heterocycles. The molecule has 0 amide bonds. The lowest BCUT2D eigenvalue weighted by molar-refractivity contribution is 0.0477. The molecule has 2 fully saturated rings. The van der Waals surface area contributed by atoms with Gasteiger partial charge in [-0.15, -0.1) is 0 Å². The molecule has 0 bridgehead atoms. The summed E-state index contributed by atoms with van der Waals surface area (Å²) in [5, 5.41) is 4.59. The number of sulfonamides is 1. The molecule has 6 rings (SSSR count). The van der Waals surface area contributed by atoms with Crippen LogP contribution in [0.15, 0.2) is 59.3 Å². The molecule has 3 aliphatic rings. The predicted octanol–water partition coefficient (Wildman–Crippen LogP) is 3.30. The summed E-state index contributed by atoms with van der Waals surface area (Å²) in [5.74, 6) is 0.459. The Morgan fingerprint density at radius 1 is 1.08 bits per heavy atom. The van der Waals surface area contributed by atoms with Crippen molar-refractivity contribution in [3.8, 4) is 5.69 Å². The van der Waals surface area contributed by atoms with Gasteiger partial charge < -0.3 is 14.4 Å². The molecule has 1 aromatic carbocycles. The van der Waals surface area contributed by atoms with Crippen LogP contribution in [0.1, 0.15) is 24.6 Å². The van der Waals surface area contributed by atoms with Gasteiger partial charge in [-0.2, -0.15) is 9.40 Å². The number of benzene rings is 1. The van der Waals surface area contributed by atoms with E-state index in [1.54, 1.807) is 28.6 Å². The van der Waals surface area contributed by atoms with Crippen molar-refractivity contribution in [2.75, 3.05) is 57.5 Å². The molecule has 0 spiro atoms. The number of morpholine rings is 1. The molecule has 2 saturated heterocycles. The first kappa shape index (κ1) is 26.1. The topological polar surface area (TPSA) is 89.8 Å². The van der Waals surface area contributed by atoms with Crippen molar-refractivity contribution in [2.24, 2.45) is 5.41 Å². The Bertz CT molecular complexity index is 1470. The SMILES string of the molecule is CCOCC12Cc3cnn(-c4ccc(F)cc4)c3C=C1CCN(S(=O)(=O)c1ccc(N3CCOCC3)nc1)C2. The largest absolute Gasteiger partial charge is 0.381 e. The maximum absolute atomic E-state index is 13.8. The minimum absolute atomic E-state index is 0.194. The number of piperidine rings is 1. The van der Waals surface area contributed by atoms with Gasteiger partial charge in [0.1, 0.15) is 16.5 Å². The second-order valence-corrected chi connectivity index (χ2v) is 12.2. The number of hydrogen-bond acceptors (Lipinski definition) is 7. The number of fused-ring (bicyclic) bond motifs is 2. The molecular formula is C28H32FN5O4S. The summed E-state index contributed by atoms with van der Waals surface area (Å²) < 4.78 is 55.8. The van der Waals surface area contributed by atoms with E-state index in [-0.39, 0.29) is 10.7 Å². The smallest absolute Gasteiger partial charge is 0.244 e. The van der Waals surface area contributed by atoms with E-state index < -0.39 is 15.4 Å². The summed E-state index contributed by atoms with van der Waals surface area (Å²) in [7, 11) is -3.75. The van der Waals surface area contributed by atoms with Crippen molar-refractivity contribution in [3.63, 3.8) is 0 Å². The van der Waals surface area contributed by atoms with Gasteiger partial charge in [-0.1, -0.05) is 5.57 Å². The first-order valence-electron chi connectivity index (χ1n) is 13.3. The van der Waals surface area contributed by atoms with Gasteiger partial charge in [-0.3, -0.25) is 0 Å². The van der Waals surface area contributed by atoms with Crippen molar-refractivity contribution < 1.29 is 22.3 Å². The Morgan fingerprint density at radius 2 is 1.87 bits per heavy atom.